The number of aryl methyl sites for hydroxylation is 2. The van der Waals surface area contributed by atoms with E-state index < -0.39 is 0 Å². The molecular formula is C11H13ClN4. The predicted molar refractivity (Wildman–Crippen MR) is 63.4 cm³/mol. The van der Waals surface area contributed by atoms with E-state index in [1.54, 1.807) is 6.20 Å². The van der Waals surface area contributed by atoms with E-state index in [-0.39, 0.29) is 0 Å². The molecule has 0 amide bonds. The second-order valence-electron chi connectivity index (χ2n) is 3.62. The molecule has 0 fully saturated rings. The first-order chi connectivity index (χ1) is 7.63. The standard InChI is InChI=1S/C11H13ClN4/c1-4-8-14-9(7(2)10(12)15-8)11-13-5-6-16(11)3/h5-6H,4H2,1-3H3. The molecule has 84 valence electrons. The maximum atomic E-state index is 6.08. The summed E-state index contributed by atoms with van der Waals surface area (Å²) < 4.78 is 1.92. The highest BCUT2D eigenvalue weighted by molar-refractivity contribution is 6.30. The minimum absolute atomic E-state index is 0.504. The number of rotatable bonds is 2. The summed E-state index contributed by atoms with van der Waals surface area (Å²) in [5, 5.41) is 0.504. The van der Waals surface area contributed by atoms with Crippen molar-refractivity contribution in [1.29, 1.82) is 0 Å². The zero-order chi connectivity index (χ0) is 11.7. The van der Waals surface area contributed by atoms with Crippen LogP contribution >= 0.6 is 11.6 Å². The molecular weight excluding hydrogens is 224 g/mol. The molecule has 0 aliphatic rings. The second-order valence-corrected chi connectivity index (χ2v) is 3.98. The minimum atomic E-state index is 0.504. The lowest BCUT2D eigenvalue weighted by Crippen LogP contribution is -2.02. The minimum Gasteiger partial charge on any atom is -0.333 e. The largest absolute Gasteiger partial charge is 0.333 e. The first-order valence-corrected chi connectivity index (χ1v) is 5.52. The zero-order valence-electron chi connectivity index (χ0n) is 9.53. The first kappa shape index (κ1) is 11.1. The summed E-state index contributed by atoms with van der Waals surface area (Å²) in [6.45, 7) is 3.91. The summed E-state index contributed by atoms with van der Waals surface area (Å²) >= 11 is 6.08. The van der Waals surface area contributed by atoms with E-state index in [1.165, 1.54) is 0 Å². The second kappa shape index (κ2) is 4.22. The molecule has 2 aromatic heterocycles. The smallest absolute Gasteiger partial charge is 0.158 e. The summed E-state index contributed by atoms with van der Waals surface area (Å²) in [6, 6.07) is 0. The van der Waals surface area contributed by atoms with Crippen LogP contribution in [0.4, 0.5) is 0 Å². The van der Waals surface area contributed by atoms with Gasteiger partial charge in [0.05, 0.1) is 0 Å². The van der Waals surface area contributed by atoms with Crippen LogP contribution in [0.3, 0.4) is 0 Å². The molecule has 0 saturated carbocycles. The normalized spacial score (nSPS) is 10.8. The fourth-order valence-electron chi connectivity index (χ4n) is 1.50. The van der Waals surface area contributed by atoms with Crippen molar-refractivity contribution < 1.29 is 0 Å². The van der Waals surface area contributed by atoms with Gasteiger partial charge in [0, 0.05) is 31.4 Å². The molecule has 0 unspecified atom stereocenters. The Hall–Kier alpha value is -1.42. The Balaban J connectivity index is 2.64. The van der Waals surface area contributed by atoms with Crippen LogP contribution in [0.1, 0.15) is 18.3 Å². The molecule has 0 N–H and O–H groups in total. The molecule has 5 heteroatoms. The third-order valence-electron chi connectivity index (χ3n) is 2.48. The number of hydrogen-bond donors (Lipinski definition) is 0. The average Bonchev–Trinajstić information content (AvgIpc) is 2.68. The Morgan fingerprint density at radius 1 is 1.38 bits per heavy atom. The maximum absolute atomic E-state index is 6.08. The summed E-state index contributed by atoms with van der Waals surface area (Å²) in [4.78, 5) is 13.0. The summed E-state index contributed by atoms with van der Waals surface area (Å²) in [6.07, 6.45) is 4.39. The van der Waals surface area contributed by atoms with Crippen LogP contribution in [0.15, 0.2) is 12.4 Å². The fourth-order valence-corrected chi connectivity index (χ4v) is 1.69. The number of aromatic nitrogens is 4. The van der Waals surface area contributed by atoms with E-state index in [0.29, 0.717) is 5.15 Å². The van der Waals surface area contributed by atoms with Gasteiger partial charge in [-0.2, -0.15) is 0 Å². The molecule has 4 nitrogen and oxygen atoms in total. The third-order valence-corrected chi connectivity index (χ3v) is 2.85. The number of imidazole rings is 1. The fraction of sp³-hybridized carbons (Fsp3) is 0.364. The van der Waals surface area contributed by atoms with Crippen LogP contribution < -0.4 is 0 Å². The Morgan fingerprint density at radius 2 is 2.12 bits per heavy atom. The van der Waals surface area contributed by atoms with Gasteiger partial charge in [-0.1, -0.05) is 18.5 Å². The van der Waals surface area contributed by atoms with Crippen molar-refractivity contribution in [3.8, 4) is 11.5 Å². The molecule has 0 aromatic carbocycles. The molecule has 2 aromatic rings. The Labute approximate surface area is 99.3 Å². The highest BCUT2D eigenvalue weighted by atomic mass is 35.5. The van der Waals surface area contributed by atoms with Gasteiger partial charge >= 0.3 is 0 Å². The maximum Gasteiger partial charge on any atom is 0.158 e. The van der Waals surface area contributed by atoms with Crippen molar-refractivity contribution in [2.24, 2.45) is 7.05 Å². The van der Waals surface area contributed by atoms with Gasteiger partial charge in [-0.15, -0.1) is 0 Å². The molecule has 0 saturated heterocycles. The Morgan fingerprint density at radius 3 is 2.69 bits per heavy atom. The lowest BCUT2D eigenvalue weighted by Gasteiger charge is -2.08. The van der Waals surface area contributed by atoms with Gasteiger partial charge in [-0.3, -0.25) is 0 Å². The van der Waals surface area contributed by atoms with E-state index in [0.717, 1.165) is 29.3 Å². The molecule has 0 aliphatic heterocycles. The molecule has 16 heavy (non-hydrogen) atoms. The van der Waals surface area contributed by atoms with Crippen LogP contribution in [-0.4, -0.2) is 19.5 Å². The van der Waals surface area contributed by atoms with E-state index in [2.05, 4.69) is 15.0 Å². The van der Waals surface area contributed by atoms with E-state index in [4.69, 9.17) is 11.6 Å². The molecule has 0 aliphatic carbocycles. The number of hydrogen-bond acceptors (Lipinski definition) is 3. The van der Waals surface area contributed by atoms with Crippen LogP contribution in [0.2, 0.25) is 5.15 Å². The summed E-state index contributed by atoms with van der Waals surface area (Å²) in [5.74, 6) is 1.56. The van der Waals surface area contributed by atoms with Crippen molar-refractivity contribution in [1.82, 2.24) is 19.5 Å². The summed E-state index contributed by atoms with van der Waals surface area (Å²) in [5.41, 5.74) is 1.68. The quantitative estimate of drug-likeness (QED) is 0.752. The van der Waals surface area contributed by atoms with Gasteiger partial charge in [0.2, 0.25) is 0 Å². The molecule has 2 rings (SSSR count). The summed E-state index contributed by atoms with van der Waals surface area (Å²) in [7, 11) is 1.93. The lowest BCUT2D eigenvalue weighted by molar-refractivity contribution is 0.887. The van der Waals surface area contributed by atoms with Crippen LogP contribution in [0.25, 0.3) is 11.5 Å². The molecule has 0 spiro atoms. The van der Waals surface area contributed by atoms with Gasteiger partial charge in [-0.05, 0) is 6.92 Å². The third kappa shape index (κ3) is 1.80. The Bertz CT molecular complexity index is 519. The van der Waals surface area contributed by atoms with Crippen molar-refractivity contribution >= 4 is 11.6 Å². The van der Waals surface area contributed by atoms with Crippen molar-refractivity contribution in [2.75, 3.05) is 0 Å². The van der Waals surface area contributed by atoms with Crippen LogP contribution in [-0.2, 0) is 13.5 Å². The average molecular weight is 237 g/mol. The van der Waals surface area contributed by atoms with E-state index in [1.807, 2.05) is 31.7 Å². The highest BCUT2D eigenvalue weighted by Gasteiger charge is 2.13. The van der Waals surface area contributed by atoms with E-state index in [9.17, 15) is 0 Å². The molecule has 2 heterocycles. The van der Waals surface area contributed by atoms with Crippen molar-refractivity contribution in [3.63, 3.8) is 0 Å². The molecule has 0 radical (unpaired) electrons. The van der Waals surface area contributed by atoms with E-state index >= 15 is 0 Å². The van der Waals surface area contributed by atoms with Gasteiger partial charge in [0.25, 0.3) is 0 Å². The van der Waals surface area contributed by atoms with Gasteiger partial charge < -0.3 is 4.57 Å². The first-order valence-electron chi connectivity index (χ1n) is 5.14. The topological polar surface area (TPSA) is 43.6 Å². The Kier molecular flexibility index (Phi) is 2.92. The number of halogens is 1. The molecule has 0 atom stereocenters. The number of nitrogens with zero attached hydrogens (tertiary/aromatic N) is 4. The van der Waals surface area contributed by atoms with Gasteiger partial charge in [-0.25, -0.2) is 15.0 Å². The molecule has 0 bridgehead atoms. The monoisotopic (exact) mass is 236 g/mol. The van der Waals surface area contributed by atoms with Gasteiger partial charge in [0.1, 0.15) is 16.7 Å². The van der Waals surface area contributed by atoms with Crippen LogP contribution in [0.5, 0.6) is 0 Å². The van der Waals surface area contributed by atoms with Crippen molar-refractivity contribution in [3.05, 3.63) is 28.9 Å². The van der Waals surface area contributed by atoms with Crippen LogP contribution in [0, 0.1) is 6.92 Å². The lowest BCUT2D eigenvalue weighted by atomic mass is 10.2. The highest BCUT2D eigenvalue weighted by Crippen LogP contribution is 2.24. The predicted octanol–water partition coefficient (Wildman–Crippen LogP) is 2.40. The van der Waals surface area contributed by atoms with Crippen molar-refractivity contribution in [2.45, 2.75) is 20.3 Å². The SMILES string of the molecule is CCc1nc(Cl)c(C)c(-c2nccn2C)n1. The zero-order valence-corrected chi connectivity index (χ0v) is 10.3. The van der Waals surface area contributed by atoms with Gasteiger partial charge in [0.15, 0.2) is 5.82 Å².